The average Bonchev–Trinajstić information content (AvgIpc) is 2.91. The molecule has 1 amide bonds. The summed E-state index contributed by atoms with van der Waals surface area (Å²) in [6.07, 6.45) is 7.96. The van der Waals surface area contributed by atoms with Crippen LogP contribution >= 0.6 is 0 Å². The van der Waals surface area contributed by atoms with Crippen molar-refractivity contribution in [2.75, 3.05) is 13.1 Å². The smallest absolute Gasteiger partial charge is 0.303 e. The fraction of sp³-hybridized carbons (Fsp3) is 0.875. The molecule has 1 aliphatic carbocycles. The van der Waals surface area contributed by atoms with Gasteiger partial charge in [-0.2, -0.15) is 0 Å². The Labute approximate surface area is 121 Å². The Balaban J connectivity index is 1.82. The molecular weight excluding hydrogens is 254 g/mol. The van der Waals surface area contributed by atoms with Gasteiger partial charge in [0.05, 0.1) is 0 Å². The predicted octanol–water partition coefficient (Wildman–Crippen LogP) is 2.92. The van der Waals surface area contributed by atoms with E-state index in [4.69, 9.17) is 5.11 Å². The molecule has 0 aromatic rings. The van der Waals surface area contributed by atoms with Crippen molar-refractivity contribution in [1.29, 1.82) is 0 Å². The lowest BCUT2D eigenvalue weighted by Crippen LogP contribution is -2.42. The highest BCUT2D eigenvalue weighted by molar-refractivity contribution is 5.76. The third-order valence-electron chi connectivity index (χ3n) is 5.05. The van der Waals surface area contributed by atoms with E-state index in [1.54, 1.807) is 0 Å². The minimum absolute atomic E-state index is 0.162. The fourth-order valence-corrected chi connectivity index (χ4v) is 3.73. The molecule has 1 aliphatic heterocycles. The summed E-state index contributed by atoms with van der Waals surface area (Å²) in [5.74, 6) is 0.678. The summed E-state index contributed by atoms with van der Waals surface area (Å²) in [4.78, 5) is 25.2. The zero-order valence-corrected chi connectivity index (χ0v) is 12.5. The second kappa shape index (κ2) is 7.09. The third kappa shape index (κ3) is 4.22. The first-order valence-corrected chi connectivity index (χ1v) is 8.06. The normalized spacial score (nSPS) is 25.6. The van der Waals surface area contributed by atoms with Gasteiger partial charge in [-0.25, -0.2) is 0 Å². The molecule has 0 aromatic heterocycles. The summed E-state index contributed by atoms with van der Waals surface area (Å²) < 4.78 is 0. The van der Waals surface area contributed by atoms with Crippen LogP contribution in [0.1, 0.15) is 58.3 Å². The summed E-state index contributed by atoms with van der Waals surface area (Å²) in [5.41, 5.74) is 0. The molecule has 2 rings (SSSR count). The molecule has 0 aromatic carbocycles. The number of carbonyl (C=O) groups is 2. The molecule has 1 saturated heterocycles. The molecule has 2 fully saturated rings. The number of rotatable bonds is 5. The first-order chi connectivity index (χ1) is 9.56. The van der Waals surface area contributed by atoms with Crippen molar-refractivity contribution < 1.29 is 14.7 Å². The minimum Gasteiger partial charge on any atom is -0.481 e. The highest BCUT2D eigenvalue weighted by Crippen LogP contribution is 2.30. The maximum atomic E-state index is 12.4. The van der Waals surface area contributed by atoms with Crippen molar-refractivity contribution >= 4 is 11.9 Å². The lowest BCUT2D eigenvalue weighted by Gasteiger charge is -2.36. The zero-order chi connectivity index (χ0) is 14.5. The number of nitrogens with zero attached hydrogens (tertiary/aromatic N) is 1. The SMILES string of the molecule is CC(CC(=O)O)C1CCCN(C(=O)CC2CCCC2)C1. The van der Waals surface area contributed by atoms with Gasteiger partial charge in [0.1, 0.15) is 0 Å². The number of carboxylic acids is 1. The summed E-state index contributed by atoms with van der Waals surface area (Å²) >= 11 is 0. The Morgan fingerprint density at radius 1 is 1.20 bits per heavy atom. The van der Waals surface area contributed by atoms with Gasteiger partial charge in [-0.15, -0.1) is 0 Å². The third-order valence-corrected chi connectivity index (χ3v) is 5.05. The van der Waals surface area contributed by atoms with E-state index in [1.807, 2.05) is 11.8 Å². The largest absolute Gasteiger partial charge is 0.481 e. The second-order valence-corrected chi connectivity index (χ2v) is 6.67. The van der Waals surface area contributed by atoms with Crippen LogP contribution in [-0.2, 0) is 9.59 Å². The molecule has 2 atom stereocenters. The van der Waals surface area contributed by atoms with Gasteiger partial charge >= 0.3 is 5.97 Å². The van der Waals surface area contributed by atoms with E-state index in [-0.39, 0.29) is 12.3 Å². The Morgan fingerprint density at radius 3 is 2.55 bits per heavy atom. The van der Waals surface area contributed by atoms with Crippen molar-refractivity contribution in [2.24, 2.45) is 17.8 Å². The Hall–Kier alpha value is -1.06. The van der Waals surface area contributed by atoms with Crippen LogP contribution in [0.3, 0.4) is 0 Å². The van der Waals surface area contributed by atoms with E-state index in [0.717, 1.165) is 25.9 Å². The summed E-state index contributed by atoms with van der Waals surface area (Å²) in [7, 11) is 0. The van der Waals surface area contributed by atoms with Gasteiger partial charge in [-0.1, -0.05) is 19.8 Å². The molecule has 4 heteroatoms. The monoisotopic (exact) mass is 281 g/mol. The minimum atomic E-state index is -0.730. The lowest BCUT2D eigenvalue weighted by molar-refractivity contribution is -0.138. The van der Waals surface area contributed by atoms with E-state index in [2.05, 4.69) is 0 Å². The molecule has 114 valence electrons. The molecule has 0 bridgehead atoms. The highest BCUT2D eigenvalue weighted by atomic mass is 16.4. The number of hydrogen-bond acceptors (Lipinski definition) is 2. The van der Waals surface area contributed by atoms with Crippen molar-refractivity contribution in [3.63, 3.8) is 0 Å². The van der Waals surface area contributed by atoms with Gasteiger partial charge in [0, 0.05) is 25.9 Å². The van der Waals surface area contributed by atoms with Crippen LogP contribution in [0, 0.1) is 17.8 Å². The van der Waals surface area contributed by atoms with Crippen LogP contribution in [0.25, 0.3) is 0 Å². The van der Waals surface area contributed by atoms with Gasteiger partial charge in [-0.05, 0) is 43.4 Å². The van der Waals surface area contributed by atoms with E-state index in [9.17, 15) is 9.59 Å². The summed E-state index contributed by atoms with van der Waals surface area (Å²) in [6, 6.07) is 0. The molecular formula is C16H27NO3. The molecule has 20 heavy (non-hydrogen) atoms. The van der Waals surface area contributed by atoms with E-state index in [1.165, 1.54) is 25.7 Å². The van der Waals surface area contributed by atoms with Crippen molar-refractivity contribution in [1.82, 2.24) is 4.90 Å². The number of likely N-dealkylation sites (tertiary alicyclic amines) is 1. The topological polar surface area (TPSA) is 57.6 Å². The molecule has 1 heterocycles. The maximum absolute atomic E-state index is 12.4. The fourth-order valence-electron chi connectivity index (χ4n) is 3.73. The molecule has 1 saturated carbocycles. The standard InChI is InChI=1S/C16H27NO3/c1-12(9-16(19)20)14-7-4-8-17(11-14)15(18)10-13-5-2-3-6-13/h12-14H,2-11H2,1H3,(H,19,20). The first kappa shape index (κ1) is 15.3. The van der Waals surface area contributed by atoms with Gasteiger partial charge in [-0.3, -0.25) is 9.59 Å². The van der Waals surface area contributed by atoms with E-state index in [0.29, 0.717) is 24.2 Å². The van der Waals surface area contributed by atoms with Crippen molar-refractivity contribution in [3.8, 4) is 0 Å². The van der Waals surface area contributed by atoms with Crippen LogP contribution in [0.5, 0.6) is 0 Å². The van der Waals surface area contributed by atoms with Gasteiger partial charge in [0.25, 0.3) is 0 Å². The first-order valence-electron chi connectivity index (χ1n) is 8.06. The molecule has 1 N–H and O–H groups in total. The van der Waals surface area contributed by atoms with Crippen LogP contribution in [-0.4, -0.2) is 35.0 Å². The average molecular weight is 281 g/mol. The van der Waals surface area contributed by atoms with Gasteiger partial charge in [0.15, 0.2) is 0 Å². The molecule has 2 unspecified atom stereocenters. The van der Waals surface area contributed by atoms with Crippen molar-refractivity contribution in [2.45, 2.75) is 58.3 Å². The van der Waals surface area contributed by atoms with Crippen LogP contribution < -0.4 is 0 Å². The molecule has 2 aliphatic rings. The van der Waals surface area contributed by atoms with E-state index < -0.39 is 5.97 Å². The number of carbonyl (C=O) groups excluding carboxylic acids is 1. The maximum Gasteiger partial charge on any atom is 0.303 e. The number of carboxylic acid groups (broad SMARTS) is 1. The van der Waals surface area contributed by atoms with Crippen LogP contribution in [0.2, 0.25) is 0 Å². The van der Waals surface area contributed by atoms with Crippen LogP contribution in [0.4, 0.5) is 0 Å². The summed E-state index contributed by atoms with van der Waals surface area (Å²) in [5, 5.41) is 8.90. The van der Waals surface area contributed by atoms with Crippen molar-refractivity contribution in [3.05, 3.63) is 0 Å². The lowest BCUT2D eigenvalue weighted by atomic mass is 9.84. The second-order valence-electron chi connectivity index (χ2n) is 6.67. The molecule has 4 nitrogen and oxygen atoms in total. The van der Waals surface area contributed by atoms with Crippen LogP contribution in [0.15, 0.2) is 0 Å². The Bertz CT molecular complexity index is 350. The number of amides is 1. The predicted molar refractivity (Wildman–Crippen MR) is 77.3 cm³/mol. The quantitative estimate of drug-likeness (QED) is 0.843. The van der Waals surface area contributed by atoms with Gasteiger partial charge < -0.3 is 10.0 Å². The summed E-state index contributed by atoms with van der Waals surface area (Å²) in [6.45, 7) is 3.63. The Morgan fingerprint density at radius 2 is 1.90 bits per heavy atom. The number of hydrogen-bond donors (Lipinski definition) is 1. The van der Waals surface area contributed by atoms with E-state index >= 15 is 0 Å². The number of piperidine rings is 1. The highest BCUT2D eigenvalue weighted by Gasteiger charge is 2.29. The van der Waals surface area contributed by atoms with Gasteiger partial charge in [0.2, 0.25) is 5.91 Å². The molecule has 0 radical (unpaired) electrons. The number of aliphatic carboxylic acids is 1. The Kier molecular flexibility index (Phi) is 5.44. The zero-order valence-electron chi connectivity index (χ0n) is 12.5. The molecule has 0 spiro atoms.